The summed E-state index contributed by atoms with van der Waals surface area (Å²) in [5, 5.41) is 15.1. The number of benzene rings is 2. The molecular weight excluding hydrogens is 268 g/mol. The molecule has 5 heteroatoms. The van der Waals surface area contributed by atoms with E-state index in [-0.39, 0.29) is 16.7 Å². The molecule has 1 heterocycles. The third-order valence-electron chi connectivity index (χ3n) is 3.45. The Morgan fingerprint density at radius 3 is 2.62 bits per heavy atom. The molecule has 0 bridgehead atoms. The maximum absolute atomic E-state index is 11.1. The van der Waals surface area contributed by atoms with Crippen LogP contribution < -0.4 is 0 Å². The van der Waals surface area contributed by atoms with E-state index >= 15 is 0 Å². The zero-order chi connectivity index (χ0) is 14.7. The summed E-state index contributed by atoms with van der Waals surface area (Å²) in [4.78, 5) is 16.1. The Kier molecular flexibility index (Phi) is 3.64. The van der Waals surface area contributed by atoms with Gasteiger partial charge in [0.25, 0.3) is 5.69 Å². The fourth-order valence-corrected chi connectivity index (χ4v) is 2.45. The number of nitro groups is 1. The molecule has 0 saturated heterocycles. The second-order valence-electron chi connectivity index (χ2n) is 4.93. The van der Waals surface area contributed by atoms with Gasteiger partial charge in [-0.25, -0.2) is 0 Å². The highest BCUT2D eigenvalue weighted by molar-refractivity contribution is 6.04. The van der Waals surface area contributed by atoms with Gasteiger partial charge in [0.05, 0.1) is 16.2 Å². The molecule has 2 aromatic carbocycles. The number of hydrogen-bond donors (Lipinski definition) is 0. The van der Waals surface area contributed by atoms with E-state index in [1.807, 2.05) is 30.3 Å². The first-order chi connectivity index (χ1) is 10.2. The van der Waals surface area contributed by atoms with Crippen LogP contribution in [-0.4, -0.2) is 16.7 Å². The van der Waals surface area contributed by atoms with Crippen molar-refractivity contribution in [3.05, 3.63) is 75.8 Å². The van der Waals surface area contributed by atoms with Gasteiger partial charge in [-0.2, -0.15) is 0 Å². The molecule has 1 aliphatic heterocycles. The lowest BCUT2D eigenvalue weighted by Gasteiger charge is -2.07. The van der Waals surface area contributed by atoms with E-state index in [2.05, 4.69) is 5.16 Å². The van der Waals surface area contributed by atoms with Gasteiger partial charge in [-0.3, -0.25) is 10.1 Å². The lowest BCUT2D eigenvalue weighted by Crippen LogP contribution is -2.12. The summed E-state index contributed by atoms with van der Waals surface area (Å²) in [5.74, 6) is 0. The third-order valence-corrected chi connectivity index (χ3v) is 3.45. The van der Waals surface area contributed by atoms with Crippen molar-refractivity contribution in [2.75, 3.05) is 0 Å². The second-order valence-corrected chi connectivity index (χ2v) is 4.93. The van der Waals surface area contributed by atoms with Crippen molar-refractivity contribution in [2.24, 2.45) is 5.16 Å². The first-order valence-corrected chi connectivity index (χ1v) is 6.74. The molecule has 0 aliphatic carbocycles. The molecule has 0 N–H and O–H groups in total. The average molecular weight is 282 g/mol. The van der Waals surface area contributed by atoms with Gasteiger partial charge in [-0.05, 0) is 11.6 Å². The highest BCUT2D eigenvalue weighted by Crippen LogP contribution is 2.25. The summed E-state index contributed by atoms with van der Waals surface area (Å²) in [7, 11) is 0. The van der Waals surface area contributed by atoms with Crippen molar-refractivity contribution in [3.63, 3.8) is 0 Å². The normalized spacial score (nSPS) is 17.1. The predicted octanol–water partition coefficient (Wildman–Crippen LogP) is 3.33. The molecule has 0 amide bonds. The molecule has 1 aliphatic rings. The van der Waals surface area contributed by atoms with Crippen LogP contribution in [0.2, 0.25) is 0 Å². The molecule has 0 radical (unpaired) electrons. The zero-order valence-corrected chi connectivity index (χ0v) is 11.3. The fourth-order valence-electron chi connectivity index (χ4n) is 2.45. The van der Waals surface area contributed by atoms with Gasteiger partial charge in [-0.1, -0.05) is 47.6 Å². The van der Waals surface area contributed by atoms with Gasteiger partial charge >= 0.3 is 0 Å². The summed E-state index contributed by atoms with van der Waals surface area (Å²) in [6, 6.07) is 16.6. The molecular formula is C16H14N2O3. The van der Waals surface area contributed by atoms with Crippen molar-refractivity contribution in [3.8, 4) is 0 Å². The Balaban J connectivity index is 1.74. The summed E-state index contributed by atoms with van der Waals surface area (Å²) in [5.41, 5.74) is 2.42. The minimum absolute atomic E-state index is 0.0674. The molecule has 0 fully saturated rings. The summed E-state index contributed by atoms with van der Waals surface area (Å²) in [6.07, 6.45) is 1.26. The first kappa shape index (κ1) is 13.3. The van der Waals surface area contributed by atoms with Crippen molar-refractivity contribution < 1.29 is 9.76 Å². The largest absolute Gasteiger partial charge is 0.391 e. The minimum atomic E-state index is -0.387. The van der Waals surface area contributed by atoms with E-state index in [9.17, 15) is 10.1 Å². The quantitative estimate of drug-likeness (QED) is 0.638. The second kappa shape index (κ2) is 5.75. The van der Waals surface area contributed by atoms with Crippen LogP contribution in [0.5, 0.6) is 0 Å². The van der Waals surface area contributed by atoms with E-state index in [0.29, 0.717) is 17.7 Å². The van der Waals surface area contributed by atoms with Crippen molar-refractivity contribution in [2.45, 2.75) is 18.9 Å². The Labute approximate surface area is 122 Å². The fraction of sp³-hybridized carbons (Fsp3) is 0.188. The molecule has 1 atom stereocenters. The van der Waals surface area contributed by atoms with E-state index in [1.54, 1.807) is 18.2 Å². The van der Waals surface area contributed by atoms with Crippen molar-refractivity contribution >= 4 is 11.4 Å². The SMILES string of the molecule is O=[N+]([O-])c1ccccc1C1=NOC(Cc2ccccc2)C1. The predicted molar refractivity (Wildman–Crippen MR) is 79.3 cm³/mol. The Morgan fingerprint density at radius 1 is 1.14 bits per heavy atom. The monoisotopic (exact) mass is 282 g/mol. The number of hydrogen-bond acceptors (Lipinski definition) is 4. The summed E-state index contributed by atoms with van der Waals surface area (Å²) < 4.78 is 0. The standard InChI is InChI=1S/C16H14N2O3/c19-18(20)16-9-5-4-8-14(16)15-11-13(21-17-15)10-12-6-2-1-3-7-12/h1-9,13H,10-11H2. The summed E-state index contributed by atoms with van der Waals surface area (Å²) >= 11 is 0. The van der Waals surface area contributed by atoms with Crippen LogP contribution >= 0.6 is 0 Å². The van der Waals surface area contributed by atoms with E-state index in [4.69, 9.17) is 4.84 Å². The van der Waals surface area contributed by atoms with Gasteiger partial charge in [0, 0.05) is 18.9 Å². The van der Waals surface area contributed by atoms with Crippen LogP contribution in [0.1, 0.15) is 17.5 Å². The van der Waals surface area contributed by atoms with Gasteiger partial charge < -0.3 is 4.84 Å². The minimum Gasteiger partial charge on any atom is -0.391 e. The van der Waals surface area contributed by atoms with E-state index in [1.165, 1.54) is 11.6 Å². The van der Waals surface area contributed by atoms with Crippen LogP contribution in [0.3, 0.4) is 0 Å². The molecule has 0 aromatic heterocycles. The van der Waals surface area contributed by atoms with Crippen molar-refractivity contribution in [1.29, 1.82) is 0 Å². The lowest BCUT2D eigenvalue weighted by molar-refractivity contribution is -0.385. The number of para-hydroxylation sites is 1. The van der Waals surface area contributed by atoms with E-state index in [0.717, 1.165) is 6.42 Å². The molecule has 106 valence electrons. The van der Waals surface area contributed by atoms with Gasteiger partial charge in [0.1, 0.15) is 6.10 Å². The zero-order valence-electron chi connectivity index (χ0n) is 11.3. The Morgan fingerprint density at radius 2 is 1.86 bits per heavy atom. The lowest BCUT2D eigenvalue weighted by atomic mass is 9.99. The molecule has 1 unspecified atom stereocenters. The number of rotatable bonds is 4. The molecule has 21 heavy (non-hydrogen) atoms. The van der Waals surface area contributed by atoms with Crippen molar-refractivity contribution in [1.82, 2.24) is 0 Å². The van der Waals surface area contributed by atoms with Crippen LogP contribution in [0.25, 0.3) is 0 Å². The number of nitro benzene ring substituents is 1. The maximum Gasteiger partial charge on any atom is 0.278 e. The van der Waals surface area contributed by atoms with Crippen LogP contribution in [0.15, 0.2) is 59.8 Å². The topological polar surface area (TPSA) is 64.7 Å². The smallest absolute Gasteiger partial charge is 0.278 e. The van der Waals surface area contributed by atoms with Crippen LogP contribution in [0, 0.1) is 10.1 Å². The Bertz CT molecular complexity index is 683. The van der Waals surface area contributed by atoms with Crippen LogP contribution in [-0.2, 0) is 11.3 Å². The van der Waals surface area contributed by atoms with Gasteiger partial charge in [-0.15, -0.1) is 0 Å². The molecule has 3 rings (SSSR count). The molecule has 2 aromatic rings. The maximum atomic E-state index is 11.1. The average Bonchev–Trinajstić information content (AvgIpc) is 2.96. The highest BCUT2D eigenvalue weighted by atomic mass is 16.6. The third kappa shape index (κ3) is 2.91. The van der Waals surface area contributed by atoms with Gasteiger partial charge in [0.2, 0.25) is 0 Å². The summed E-state index contributed by atoms with van der Waals surface area (Å²) in [6.45, 7) is 0. The Hall–Kier alpha value is -2.69. The number of nitrogens with zero attached hydrogens (tertiary/aromatic N) is 2. The molecule has 0 saturated carbocycles. The van der Waals surface area contributed by atoms with Crippen LogP contribution in [0.4, 0.5) is 5.69 Å². The van der Waals surface area contributed by atoms with E-state index < -0.39 is 0 Å². The first-order valence-electron chi connectivity index (χ1n) is 6.74. The van der Waals surface area contributed by atoms with Gasteiger partial charge in [0.15, 0.2) is 0 Å². The molecule has 0 spiro atoms. The highest BCUT2D eigenvalue weighted by Gasteiger charge is 2.27. The molecule has 5 nitrogen and oxygen atoms in total. The number of oxime groups is 1.